The summed E-state index contributed by atoms with van der Waals surface area (Å²) >= 11 is 0. The van der Waals surface area contributed by atoms with Crippen LogP contribution in [-0.4, -0.2) is 6.04 Å². The fraction of sp³-hybridized carbons (Fsp3) is 0.277. The average molecular weight is 626 g/mol. The highest BCUT2D eigenvalue weighted by molar-refractivity contribution is 5.97. The van der Waals surface area contributed by atoms with Gasteiger partial charge >= 0.3 is 0 Å². The van der Waals surface area contributed by atoms with E-state index in [0.717, 1.165) is 12.8 Å². The highest BCUT2D eigenvalue weighted by atomic mass is 15.2. The van der Waals surface area contributed by atoms with Crippen molar-refractivity contribution in [2.45, 2.75) is 83.1 Å². The van der Waals surface area contributed by atoms with Gasteiger partial charge in [0.1, 0.15) is 0 Å². The topological polar surface area (TPSA) is 3.24 Å². The van der Waals surface area contributed by atoms with Gasteiger partial charge in [0.05, 0.1) is 0 Å². The summed E-state index contributed by atoms with van der Waals surface area (Å²) in [4.78, 5) is 2.75. The first-order chi connectivity index (χ1) is 23.2. The molecule has 0 heterocycles. The van der Waals surface area contributed by atoms with Crippen LogP contribution in [0.3, 0.4) is 0 Å². The molecule has 0 atom stereocenters. The predicted octanol–water partition coefficient (Wildman–Crippen LogP) is 13.0. The van der Waals surface area contributed by atoms with Gasteiger partial charge < -0.3 is 4.90 Å². The number of hydrogen-bond acceptors (Lipinski definition) is 1. The predicted molar refractivity (Wildman–Crippen MR) is 206 cm³/mol. The minimum Gasteiger partial charge on any atom is -0.338 e. The van der Waals surface area contributed by atoms with E-state index in [4.69, 9.17) is 0 Å². The van der Waals surface area contributed by atoms with Crippen LogP contribution in [0.15, 0.2) is 133 Å². The van der Waals surface area contributed by atoms with E-state index in [1.807, 2.05) is 0 Å². The summed E-state index contributed by atoms with van der Waals surface area (Å²) in [5.74, 6) is 0.621. The zero-order valence-electron chi connectivity index (χ0n) is 29.1. The molecule has 0 bridgehead atoms. The van der Waals surface area contributed by atoms with Gasteiger partial charge in [0.2, 0.25) is 0 Å². The number of hydrogen-bond donors (Lipinski definition) is 0. The summed E-state index contributed by atoms with van der Waals surface area (Å²) in [6, 6.07) is 50.9. The summed E-state index contributed by atoms with van der Waals surface area (Å²) in [6.45, 7) is 11.8. The van der Waals surface area contributed by atoms with Crippen LogP contribution < -0.4 is 4.90 Å². The molecule has 0 N–H and O–H groups in total. The molecule has 0 aliphatic heterocycles. The van der Waals surface area contributed by atoms with Crippen LogP contribution in [0, 0.1) is 0 Å². The van der Waals surface area contributed by atoms with Gasteiger partial charge in [-0.3, -0.25) is 0 Å². The monoisotopic (exact) mass is 625 g/mol. The average Bonchev–Trinajstić information content (AvgIpc) is 3.34. The van der Waals surface area contributed by atoms with Gasteiger partial charge in [-0.25, -0.2) is 0 Å². The quantitative estimate of drug-likeness (QED) is 0.184. The molecule has 0 radical (unpaired) electrons. The van der Waals surface area contributed by atoms with Crippen molar-refractivity contribution in [3.63, 3.8) is 0 Å². The molecule has 6 aromatic rings. The minimum absolute atomic E-state index is 0.0153. The maximum Gasteiger partial charge on any atom is 0.0499 e. The second-order valence-electron chi connectivity index (χ2n) is 15.7. The summed E-state index contributed by atoms with van der Waals surface area (Å²) in [7, 11) is 0. The van der Waals surface area contributed by atoms with E-state index < -0.39 is 0 Å². The zero-order valence-corrected chi connectivity index (χ0v) is 29.1. The SMILES string of the molecule is CC(C)(C)c1ccccc1-c1cc2ccccc2cc1N(c1ccc2c(c1)C(C)(C)c1ccccc1-2)C1CCC(c2ccccc2)CC1. The molecule has 0 aromatic heterocycles. The first kappa shape index (κ1) is 30.7. The van der Waals surface area contributed by atoms with Gasteiger partial charge in [0.25, 0.3) is 0 Å². The number of nitrogens with zero attached hydrogens (tertiary/aromatic N) is 1. The lowest BCUT2D eigenvalue weighted by atomic mass is 9.79. The van der Waals surface area contributed by atoms with Crippen molar-refractivity contribution in [2.75, 3.05) is 4.90 Å². The van der Waals surface area contributed by atoms with Crippen LogP contribution in [0.2, 0.25) is 0 Å². The molecule has 1 nitrogen and oxygen atoms in total. The van der Waals surface area contributed by atoms with Crippen molar-refractivity contribution in [3.8, 4) is 22.3 Å². The summed E-state index contributed by atoms with van der Waals surface area (Å²) in [6.07, 6.45) is 4.73. The van der Waals surface area contributed by atoms with Gasteiger partial charge in [-0.2, -0.15) is 0 Å². The summed E-state index contributed by atoms with van der Waals surface area (Å²) in [5.41, 5.74) is 13.8. The molecule has 8 rings (SSSR count). The van der Waals surface area contributed by atoms with Gasteiger partial charge in [-0.15, -0.1) is 0 Å². The van der Waals surface area contributed by atoms with Crippen LogP contribution in [0.5, 0.6) is 0 Å². The molecule has 240 valence electrons. The molecule has 1 heteroatoms. The van der Waals surface area contributed by atoms with Crippen molar-refractivity contribution in [2.24, 2.45) is 0 Å². The van der Waals surface area contributed by atoms with Gasteiger partial charge in [-0.05, 0) is 111 Å². The van der Waals surface area contributed by atoms with Crippen molar-refractivity contribution >= 4 is 22.1 Å². The molecule has 1 fully saturated rings. The Morgan fingerprint density at radius 3 is 1.88 bits per heavy atom. The lowest BCUT2D eigenvalue weighted by molar-refractivity contribution is 0.392. The molecule has 0 spiro atoms. The number of fused-ring (bicyclic) bond motifs is 4. The lowest BCUT2D eigenvalue weighted by Gasteiger charge is -2.40. The Labute approximate surface area is 287 Å². The van der Waals surface area contributed by atoms with Crippen molar-refractivity contribution in [3.05, 3.63) is 156 Å². The fourth-order valence-electron chi connectivity index (χ4n) is 8.80. The second-order valence-corrected chi connectivity index (χ2v) is 15.7. The largest absolute Gasteiger partial charge is 0.338 e. The number of rotatable bonds is 5. The van der Waals surface area contributed by atoms with Crippen LogP contribution in [-0.2, 0) is 10.8 Å². The maximum absolute atomic E-state index is 2.75. The van der Waals surface area contributed by atoms with Gasteiger partial charge in [0, 0.05) is 28.4 Å². The van der Waals surface area contributed by atoms with Crippen LogP contribution in [0.25, 0.3) is 33.0 Å². The molecule has 0 amide bonds. The molecule has 2 aliphatic rings. The highest BCUT2D eigenvalue weighted by Crippen LogP contribution is 2.52. The van der Waals surface area contributed by atoms with Crippen molar-refractivity contribution in [1.82, 2.24) is 0 Å². The molecule has 2 aliphatic carbocycles. The van der Waals surface area contributed by atoms with E-state index in [2.05, 4.69) is 173 Å². The van der Waals surface area contributed by atoms with E-state index >= 15 is 0 Å². The Morgan fingerprint density at radius 1 is 0.542 bits per heavy atom. The minimum atomic E-state index is -0.0520. The molecule has 1 saturated carbocycles. The van der Waals surface area contributed by atoms with Crippen LogP contribution in [0.4, 0.5) is 11.4 Å². The number of anilines is 2. The number of benzene rings is 6. The zero-order chi connectivity index (χ0) is 33.0. The van der Waals surface area contributed by atoms with Crippen LogP contribution >= 0.6 is 0 Å². The summed E-state index contributed by atoms with van der Waals surface area (Å²) in [5, 5.41) is 2.58. The first-order valence-corrected chi connectivity index (χ1v) is 17.9. The van der Waals surface area contributed by atoms with Crippen molar-refractivity contribution in [1.29, 1.82) is 0 Å². The molecule has 0 unspecified atom stereocenters. The maximum atomic E-state index is 2.75. The first-order valence-electron chi connectivity index (χ1n) is 17.9. The Morgan fingerprint density at radius 2 is 1.15 bits per heavy atom. The Balaban J connectivity index is 1.33. The van der Waals surface area contributed by atoms with Gasteiger partial charge in [-0.1, -0.05) is 144 Å². The normalized spacial score (nSPS) is 18.4. The third-order valence-electron chi connectivity index (χ3n) is 11.3. The molecule has 48 heavy (non-hydrogen) atoms. The van der Waals surface area contributed by atoms with E-state index in [1.54, 1.807) is 0 Å². The van der Waals surface area contributed by atoms with E-state index in [0.29, 0.717) is 12.0 Å². The summed E-state index contributed by atoms with van der Waals surface area (Å²) < 4.78 is 0. The molecule has 6 aromatic carbocycles. The molecular weight excluding hydrogens is 579 g/mol. The molecular formula is C47H47N. The third kappa shape index (κ3) is 5.25. The highest BCUT2D eigenvalue weighted by Gasteiger charge is 2.37. The van der Waals surface area contributed by atoms with Crippen molar-refractivity contribution < 1.29 is 0 Å². The second kappa shape index (κ2) is 11.8. The third-order valence-corrected chi connectivity index (χ3v) is 11.3. The van der Waals surface area contributed by atoms with Crippen LogP contribution in [0.1, 0.15) is 88.5 Å². The fourth-order valence-corrected chi connectivity index (χ4v) is 8.80. The van der Waals surface area contributed by atoms with E-state index in [9.17, 15) is 0 Å². The van der Waals surface area contributed by atoms with E-state index in [-0.39, 0.29) is 10.8 Å². The standard InChI is InChI=1S/C47H47N/c1-46(2,3)42-21-13-11-20-39(42)41-29-34-17-9-10-18-35(34)30-45(41)48(36-25-23-33(24-26-36)32-15-7-6-8-16-32)37-27-28-40-38-19-12-14-22-43(38)47(4,5)44(40)31-37/h6-22,27-31,33,36H,23-26H2,1-5H3. The lowest BCUT2D eigenvalue weighted by Crippen LogP contribution is -2.35. The molecule has 0 saturated heterocycles. The Kier molecular flexibility index (Phi) is 7.55. The smallest absolute Gasteiger partial charge is 0.0499 e. The van der Waals surface area contributed by atoms with Gasteiger partial charge in [0.15, 0.2) is 0 Å². The van der Waals surface area contributed by atoms with E-state index in [1.165, 1.54) is 79.5 Å². The Bertz CT molecular complexity index is 2100. The Hall–Kier alpha value is -4.62.